The number of ether oxygens (including phenoxy) is 1. The number of carbonyl (C=O) groups excluding carboxylic acids is 3. The fourth-order valence-corrected chi connectivity index (χ4v) is 14.8. The second-order valence-corrected chi connectivity index (χ2v) is 21.8. The highest BCUT2D eigenvalue weighted by molar-refractivity contribution is 7.02. The van der Waals surface area contributed by atoms with Gasteiger partial charge in [-0.25, -0.2) is 0 Å². The summed E-state index contributed by atoms with van der Waals surface area (Å²) in [4.78, 5) is 40.3. The van der Waals surface area contributed by atoms with Crippen molar-refractivity contribution in [2.75, 3.05) is 25.5 Å². The second-order valence-electron chi connectivity index (χ2n) is 17.6. The van der Waals surface area contributed by atoms with Crippen LogP contribution in [0.1, 0.15) is 66.7 Å². The van der Waals surface area contributed by atoms with Crippen molar-refractivity contribution >= 4 is 41.7 Å². The number of aryl methyl sites for hydroxylation is 1. The zero-order valence-electron chi connectivity index (χ0n) is 39.4. The van der Waals surface area contributed by atoms with E-state index in [0.29, 0.717) is 40.4 Å². The molecule has 0 aromatic heterocycles. The van der Waals surface area contributed by atoms with E-state index in [1.807, 2.05) is 55.6 Å². The van der Waals surface area contributed by atoms with Crippen molar-refractivity contribution in [3.63, 3.8) is 0 Å². The van der Waals surface area contributed by atoms with Crippen LogP contribution in [-0.2, 0) is 18.3 Å². The first-order valence-corrected chi connectivity index (χ1v) is 26.3. The molecule has 0 saturated carbocycles. The Labute approximate surface area is 407 Å². The van der Waals surface area contributed by atoms with Gasteiger partial charge >= 0.3 is 0 Å². The van der Waals surface area contributed by atoms with Crippen LogP contribution in [0.3, 0.4) is 0 Å². The number of nitrogens with one attached hydrogen (secondary N) is 3. The van der Waals surface area contributed by atoms with Crippen molar-refractivity contribution < 1.29 is 19.1 Å². The van der Waals surface area contributed by atoms with Crippen molar-refractivity contribution in [1.29, 1.82) is 0 Å². The first-order chi connectivity index (χ1) is 33.8. The number of hydrogen-bond acceptors (Lipinski definition) is 5. The van der Waals surface area contributed by atoms with Crippen LogP contribution in [-0.4, -0.2) is 45.8 Å². The summed E-state index contributed by atoms with van der Waals surface area (Å²) in [6.45, 7) is 3.40. The summed E-state index contributed by atoms with van der Waals surface area (Å²) < 4.78 is 6.13. The molecule has 0 atom stereocenters. The van der Waals surface area contributed by atoms with Gasteiger partial charge in [-0.3, -0.25) is 14.4 Å². The number of benzene rings is 8. The Morgan fingerprint density at radius 1 is 0.522 bits per heavy atom. The number of ketones is 1. The molecular formula is C61H59N3O4Si. The van der Waals surface area contributed by atoms with E-state index in [4.69, 9.17) is 4.74 Å². The van der Waals surface area contributed by atoms with Crippen LogP contribution in [0.2, 0.25) is 12.1 Å². The highest BCUT2D eigenvalue weighted by Gasteiger charge is 2.46. The normalized spacial score (nSPS) is 11.4. The maximum Gasteiger partial charge on any atom is 0.255 e. The lowest BCUT2D eigenvalue weighted by Crippen LogP contribution is -2.62. The summed E-state index contributed by atoms with van der Waals surface area (Å²) in [6.07, 6.45) is 1.98. The van der Waals surface area contributed by atoms with Gasteiger partial charge in [0.05, 0.1) is 0 Å². The van der Waals surface area contributed by atoms with E-state index in [9.17, 15) is 14.4 Å². The second kappa shape index (κ2) is 22.9. The van der Waals surface area contributed by atoms with Crippen LogP contribution in [0.25, 0.3) is 0 Å². The van der Waals surface area contributed by atoms with Gasteiger partial charge < -0.3 is 20.7 Å². The first kappa shape index (κ1) is 47.8. The van der Waals surface area contributed by atoms with Gasteiger partial charge in [-0.15, -0.1) is 0 Å². The smallest absolute Gasteiger partial charge is 0.255 e. The molecule has 2 amide bonds. The van der Waals surface area contributed by atoms with E-state index in [2.05, 4.69) is 144 Å². The topological polar surface area (TPSA) is 96.5 Å². The predicted molar refractivity (Wildman–Crippen MR) is 283 cm³/mol. The number of Topliss-reactive ketones (excluding diaryl/α,β-unsaturated/α-hetero) is 1. The summed E-state index contributed by atoms with van der Waals surface area (Å²) >= 11 is 0. The largest absolute Gasteiger partial charge is 0.457 e. The molecule has 0 heterocycles. The van der Waals surface area contributed by atoms with Gasteiger partial charge in [-0.2, -0.15) is 0 Å². The van der Waals surface area contributed by atoms with Gasteiger partial charge in [0.15, 0.2) is 5.78 Å². The predicted octanol–water partition coefficient (Wildman–Crippen LogP) is 11.3. The maximum atomic E-state index is 14.0. The fraction of sp³-hybridized carbons (Fsp3) is 0.164. The SMILES string of the molecule is CCc1ccc(C(=O)Nc2ccc(Oc3cccc(CC(=O)c4ccc(C(=O)NCC[Si](CC(CCNC)(c5ccccc5)c5ccccc5)(c5ccccc5)c5ccccc5)cc4)c3)cc2)cc1. The quantitative estimate of drug-likeness (QED) is 0.0493. The Balaban J connectivity index is 0.946. The highest BCUT2D eigenvalue weighted by Crippen LogP contribution is 2.43. The Hall–Kier alpha value is -7.65. The zero-order chi connectivity index (χ0) is 47.9. The number of rotatable bonds is 21. The zero-order valence-corrected chi connectivity index (χ0v) is 40.4. The molecule has 0 unspecified atom stereocenters. The van der Waals surface area contributed by atoms with Gasteiger partial charge in [-0.1, -0.05) is 175 Å². The van der Waals surface area contributed by atoms with Crippen LogP contribution in [0.5, 0.6) is 11.5 Å². The van der Waals surface area contributed by atoms with Gasteiger partial charge in [0.1, 0.15) is 19.6 Å². The average molecular weight is 926 g/mol. The lowest BCUT2D eigenvalue weighted by Gasteiger charge is -2.44. The maximum absolute atomic E-state index is 14.0. The summed E-state index contributed by atoms with van der Waals surface area (Å²) in [5.74, 6) is 0.777. The fourth-order valence-electron chi connectivity index (χ4n) is 9.52. The molecule has 0 aliphatic carbocycles. The van der Waals surface area contributed by atoms with Crippen molar-refractivity contribution in [3.05, 3.63) is 257 Å². The van der Waals surface area contributed by atoms with Crippen LogP contribution >= 0.6 is 0 Å². The van der Waals surface area contributed by atoms with Crippen molar-refractivity contribution in [1.82, 2.24) is 10.6 Å². The van der Waals surface area contributed by atoms with E-state index in [1.54, 1.807) is 48.5 Å². The number of amides is 2. The summed E-state index contributed by atoms with van der Waals surface area (Å²) in [5, 5.41) is 12.4. The lowest BCUT2D eigenvalue weighted by molar-refractivity contribution is 0.0951. The summed E-state index contributed by atoms with van der Waals surface area (Å²) in [5.41, 5.74) is 6.51. The average Bonchev–Trinajstić information content (AvgIpc) is 3.41. The number of hydrogen-bond donors (Lipinski definition) is 3. The Kier molecular flexibility index (Phi) is 15.9. The van der Waals surface area contributed by atoms with E-state index in [1.165, 1.54) is 27.1 Å². The minimum atomic E-state index is -2.68. The van der Waals surface area contributed by atoms with Gasteiger partial charge in [0, 0.05) is 40.8 Å². The molecule has 8 rings (SSSR count). The summed E-state index contributed by atoms with van der Waals surface area (Å²) in [6, 6.07) is 74.6. The monoisotopic (exact) mass is 925 g/mol. The molecule has 346 valence electrons. The highest BCUT2D eigenvalue weighted by atomic mass is 28.3. The molecular weight excluding hydrogens is 867 g/mol. The van der Waals surface area contributed by atoms with Gasteiger partial charge in [0.2, 0.25) is 0 Å². The molecule has 8 heteroatoms. The molecule has 7 nitrogen and oxygen atoms in total. The van der Waals surface area contributed by atoms with E-state index < -0.39 is 8.07 Å². The van der Waals surface area contributed by atoms with E-state index in [0.717, 1.165) is 37.0 Å². The molecule has 0 fully saturated rings. The molecule has 8 aromatic carbocycles. The lowest BCUT2D eigenvalue weighted by atomic mass is 9.73. The third-order valence-corrected chi connectivity index (χ3v) is 18.4. The number of anilines is 1. The summed E-state index contributed by atoms with van der Waals surface area (Å²) in [7, 11) is -0.663. The van der Waals surface area contributed by atoms with Crippen LogP contribution in [0.15, 0.2) is 218 Å². The van der Waals surface area contributed by atoms with Crippen LogP contribution < -0.4 is 31.1 Å². The molecule has 0 radical (unpaired) electrons. The molecule has 0 saturated heterocycles. The van der Waals surface area contributed by atoms with Crippen molar-refractivity contribution in [3.8, 4) is 11.5 Å². The van der Waals surface area contributed by atoms with E-state index >= 15 is 0 Å². The molecule has 3 N–H and O–H groups in total. The third kappa shape index (κ3) is 11.7. The van der Waals surface area contributed by atoms with E-state index in [-0.39, 0.29) is 29.4 Å². The van der Waals surface area contributed by atoms with Crippen LogP contribution in [0.4, 0.5) is 5.69 Å². The van der Waals surface area contributed by atoms with Crippen molar-refractivity contribution in [2.45, 2.75) is 43.7 Å². The Morgan fingerprint density at radius 3 is 1.62 bits per heavy atom. The van der Waals surface area contributed by atoms with Gasteiger partial charge in [-0.05, 0) is 121 Å². The Morgan fingerprint density at radius 2 is 1.06 bits per heavy atom. The minimum Gasteiger partial charge on any atom is -0.457 e. The molecule has 0 spiro atoms. The Bertz CT molecular complexity index is 2830. The van der Waals surface area contributed by atoms with Crippen LogP contribution in [0, 0.1) is 0 Å². The molecule has 0 aliphatic rings. The third-order valence-electron chi connectivity index (χ3n) is 13.3. The van der Waals surface area contributed by atoms with Gasteiger partial charge in [0.25, 0.3) is 11.8 Å². The first-order valence-electron chi connectivity index (χ1n) is 23.8. The standard InChI is InChI=1S/C61H59N3O4Si/c1-3-46-27-29-50(30-28-46)60(67)64-53-35-37-54(38-36-53)68-55-22-16-17-47(43-55)44-58(65)48-31-33-49(34-32-48)59(66)63-41-42-69(56-23-12-6-13-24-56,57-25-14-7-15-26-57)45-61(39-40-62-2,51-18-8-4-9-19-51)52-20-10-5-11-21-52/h4-38,43,62H,3,39-42,44-45H2,1-2H3,(H,63,66)(H,64,67). The number of carbonyl (C=O) groups is 3. The molecule has 69 heavy (non-hydrogen) atoms. The molecule has 8 aromatic rings. The molecule has 0 bridgehead atoms. The van der Waals surface area contributed by atoms with Crippen molar-refractivity contribution in [2.24, 2.45) is 0 Å². The minimum absolute atomic E-state index is 0.0661. The molecule has 0 aliphatic heterocycles.